The fraction of sp³-hybridized carbons (Fsp3) is 0.500. The lowest BCUT2D eigenvalue weighted by molar-refractivity contribution is -0.146. The van der Waals surface area contributed by atoms with E-state index >= 15 is 0 Å². The first-order valence-corrected chi connectivity index (χ1v) is 2.50. The van der Waals surface area contributed by atoms with Crippen LogP contribution in [0.15, 0.2) is 0 Å². The van der Waals surface area contributed by atoms with E-state index in [1.54, 1.807) is 0 Å². The Hall–Kier alpha value is -0.570. The molecular formula is C4H3ClO3. The quantitative estimate of drug-likeness (QED) is 0.260. The highest BCUT2D eigenvalue weighted by Gasteiger charge is 2.32. The highest BCUT2D eigenvalue weighted by atomic mass is 35.5. The molecule has 0 aromatic heterocycles. The van der Waals surface area contributed by atoms with Crippen LogP contribution in [0.3, 0.4) is 0 Å². The predicted molar refractivity (Wildman–Crippen MR) is 25.6 cm³/mol. The van der Waals surface area contributed by atoms with E-state index in [4.69, 9.17) is 11.6 Å². The molecule has 0 aromatic carbocycles. The van der Waals surface area contributed by atoms with E-state index in [-0.39, 0.29) is 6.61 Å². The number of carbonyl (C=O) groups is 2. The first kappa shape index (κ1) is 5.56. The summed E-state index contributed by atoms with van der Waals surface area (Å²) in [7, 11) is 0. The van der Waals surface area contributed by atoms with Gasteiger partial charge >= 0.3 is 5.97 Å². The van der Waals surface area contributed by atoms with Crippen LogP contribution in [-0.4, -0.2) is 23.7 Å². The molecule has 0 amide bonds. The van der Waals surface area contributed by atoms with Crippen molar-refractivity contribution in [3.8, 4) is 0 Å². The van der Waals surface area contributed by atoms with Crippen molar-refractivity contribution in [2.75, 3.05) is 6.61 Å². The van der Waals surface area contributed by atoms with Crippen molar-refractivity contribution in [2.24, 2.45) is 0 Å². The maximum Gasteiger partial charge on any atom is 0.376 e. The molecule has 1 saturated heterocycles. The molecule has 8 heavy (non-hydrogen) atoms. The lowest BCUT2D eigenvalue weighted by Gasteiger charge is -1.83. The Balaban J connectivity index is 2.71. The van der Waals surface area contributed by atoms with Crippen LogP contribution in [-0.2, 0) is 14.3 Å². The molecule has 1 aliphatic rings. The Kier molecular flexibility index (Phi) is 1.21. The van der Waals surface area contributed by atoms with E-state index in [0.717, 1.165) is 0 Å². The van der Waals surface area contributed by atoms with Crippen molar-refractivity contribution < 1.29 is 14.3 Å². The Labute approximate surface area is 50.6 Å². The number of halogens is 1. The van der Waals surface area contributed by atoms with Crippen LogP contribution in [0.2, 0.25) is 0 Å². The number of ketones is 1. The van der Waals surface area contributed by atoms with Gasteiger partial charge in [0.2, 0.25) is 0 Å². The van der Waals surface area contributed by atoms with Gasteiger partial charge in [0.05, 0.1) is 0 Å². The highest BCUT2D eigenvalue weighted by molar-refractivity contribution is 6.49. The second-order valence-electron chi connectivity index (χ2n) is 1.43. The summed E-state index contributed by atoms with van der Waals surface area (Å²) in [5.41, 5.74) is 0. The van der Waals surface area contributed by atoms with Crippen LogP contribution < -0.4 is 0 Å². The third kappa shape index (κ3) is 0.690. The number of esters is 1. The van der Waals surface area contributed by atoms with E-state index in [9.17, 15) is 9.59 Å². The number of alkyl halides is 1. The Morgan fingerprint density at radius 2 is 2.25 bits per heavy atom. The van der Waals surface area contributed by atoms with Gasteiger partial charge in [-0.3, -0.25) is 4.79 Å². The molecule has 0 N–H and O–H groups in total. The minimum Gasteiger partial charge on any atom is -0.458 e. The monoisotopic (exact) mass is 134 g/mol. The third-order valence-electron chi connectivity index (χ3n) is 0.846. The van der Waals surface area contributed by atoms with Gasteiger partial charge in [-0.1, -0.05) is 0 Å². The van der Waals surface area contributed by atoms with Crippen molar-refractivity contribution in [2.45, 2.75) is 5.38 Å². The summed E-state index contributed by atoms with van der Waals surface area (Å²) in [5.74, 6) is -1.45. The van der Waals surface area contributed by atoms with E-state index in [2.05, 4.69) is 4.74 Å². The molecule has 1 atom stereocenters. The largest absolute Gasteiger partial charge is 0.458 e. The van der Waals surface area contributed by atoms with Crippen molar-refractivity contribution in [3.63, 3.8) is 0 Å². The zero-order valence-electron chi connectivity index (χ0n) is 3.89. The predicted octanol–water partition coefficient (Wildman–Crippen LogP) is -0.280. The Bertz CT molecular complexity index is 142. The van der Waals surface area contributed by atoms with Gasteiger partial charge in [-0.2, -0.15) is 0 Å². The fourth-order valence-corrected chi connectivity index (χ4v) is 0.576. The first-order chi connectivity index (χ1) is 3.72. The maximum atomic E-state index is 10.3. The zero-order chi connectivity index (χ0) is 6.15. The van der Waals surface area contributed by atoms with E-state index in [1.165, 1.54) is 0 Å². The van der Waals surface area contributed by atoms with Crippen LogP contribution in [0.25, 0.3) is 0 Å². The lowest BCUT2D eigenvalue weighted by Crippen LogP contribution is -2.13. The van der Waals surface area contributed by atoms with Crippen molar-refractivity contribution in [1.82, 2.24) is 0 Å². The molecule has 0 aromatic rings. The standard InChI is InChI=1S/C4H3ClO3/c5-2-1-8-4(7)3(2)6/h2H,1H2. The number of hydrogen-bond donors (Lipinski definition) is 0. The van der Waals surface area contributed by atoms with Crippen LogP contribution in [0.4, 0.5) is 0 Å². The molecule has 0 bridgehead atoms. The Morgan fingerprint density at radius 3 is 2.38 bits per heavy atom. The topological polar surface area (TPSA) is 43.4 Å². The SMILES string of the molecule is O=C1OCC(Cl)C1=O. The molecule has 1 aliphatic heterocycles. The average molecular weight is 135 g/mol. The molecule has 0 saturated carbocycles. The van der Waals surface area contributed by atoms with Crippen LogP contribution in [0.1, 0.15) is 0 Å². The zero-order valence-corrected chi connectivity index (χ0v) is 4.64. The van der Waals surface area contributed by atoms with E-state index in [0.29, 0.717) is 0 Å². The van der Waals surface area contributed by atoms with Gasteiger partial charge < -0.3 is 4.74 Å². The second-order valence-corrected chi connectivity index (χ2v) is 1.96. The molecule has 0 radical (unpaired) electrons. The van der Waals surface area contributed by atoms with E-state index in [1.807, 2.05) is 0 Å². The van der Waals surface area contributed by atoms with Crippen LogP contribution >= 0.6 is 11.6 Å². The fourth-order valence-electron chi connectivity index (χ4n) is 0.424. The smallest absolute Gasteiger partial charge is 0.376 e. The summed E-state index contributed by atoms with van der Waals surface area (Å²) in [6.07, 6.45) is 0. The summed E-state index contributed by atoms with van der Waals surface area (Å²) < 4.78 is 4.26. The lowest BCUT2D eigenvalue weighted by atomic mass is 10.3. The van der Waals surface area contributed by atoms with Gasteiger partial charge in [0.1, 0.15) is 12.0 Å². The van der Waals surface area contributed by atoms with Gasteiger partial charge in [-0.15, -0.1) is 11.6 Å². The number of rotatable bonds is 0. The summed E-state index contributed by atoms with van der Waals surface area (Å²) in [6.45, 7) is 0.0270. The molecule has 1 fully saturated rings. The van der Waals surface area contributed by atoms with Gasteiger partial charge in [-0.05, 0) is 0 Å². The minimum atomic E-state index is -0.815. The van der Waals surface area contributed by atoms with Crippen LogP contribution in [0.5, 0.6) is 0 Å². The summed E-state index contributed by atoms with van der Waals surface area (Å²) >= 11 is 5.26. The summed E-state index contributed by atoms with van der Waals surface area (Å²) in [4.78, 5) is 20.4. The number of carbonyl (C=O) groups excluding carboxylic acids is 2. The number of hydrogen-bond acceptors (Lipinski definition) is 3. The van der Waals surface area contributed by atoms with Crippen molar-refractivity contribution in [3.05, 3.63) is 0 Å². The molecule has 1 rings (SSSR count). The van der Waals surface area contributed by atoms with Gasteiger partial charge in [-0.25, -0.2) is 4.79 Å². The normalized spacial score (nSPS) is 28.4. The second kappa shape index (κ2) is 1.74. The Morgan fingerprint density at radius 1 is 1.62 bits per heavy atom. The third-order valence-corrected chi connectivity index (χ3v) is 1.17. The molecule has 1 heterocycles. The molecular weight excluding hydrogens is 131 g/mol. The molecule has 0 spiro atoms. The van der Waals surface area contributed by atoms with Crippen molar-refractivity contribution >= 4 is 23.4 Å². The summed E-state index contributed by atoms with van der Waals surface area (Å²) in [6, 6.07) is 0. The van der Waals surface area contributed by atoms with Crippen LogP contribution in [0, 0.1) is 0 Å². The van der Waals surface area contributed by atoms with Crippen molar-refractivity contribution in [1.29, 1.82) is 0 Å². The van der Waals surface area contributed by atoms with E-state index < -0.39 is 17.1 Å². The van der Waals surface area contributed by atoms with Gasteiger partial charge in [0, 0.05) is 0 Å². The molecule has 4 heteroatoms. The van der Waals surface area contributed by atoms with Gasteiger partial charge in [0.15, 0.2) is 0 Å². The first-order valence-electron chi connectivity index (χ1n) is 2.07. The molecule has 44 valence electrons. The molecule has 0 aliphatic carbocycles. The molecule has 3 nitrogen and oxygen atoms in total. The number of Topliss-reactive ketones (excluding diaryl/α,β-unsaturated/α-hetero) is 1. The maximum absolute atomic E-state index is 10.3. The number of cyclic esters (lactones) is 1. The minimum absolute atomic E-state index is 0.0270. The highest BCUT2D eigenvalue weighted by Crippen LogP contribution is 2.07. The van der Waals surface area contributed by atoms with Gasteiger partial charge in [0.25, 0.3) is 5.78 Å². The average Bonchev–Trinajstić information content (AvgIpc) is 1.98. The molecule has 1 unspecified atom stereocenters. The summed E-state index contributed by atoms with van der Waals surface area (Å²) in [5, 5.41) is -0.748. The number of ether oxygens (including phenoxy) is 1.